The van der Waals surface area contributed by atoms with Gasteiger partial charge in [0.1, 0.15) is 6.61 Å². The third kappa shape index (κ3) is 5.30. The molecule has 0 saturated heterocycles. The zero-order valence-electron chi connectivity index (χ0n) is 11.9. The largest absolute Gasteiger partial charge is 0.473 e. The van der Waals surface area contributed by atoms with Crippen molar-refractivity contribution in [3.8, 4) is 5.88 Å². The molecule has 21 heavy (non-hydrogen) atoms. The number of hydrogen-bond acceptors (Lipinski definition) is 3. The molecule has 1 aromatic heterocycles. The first-order valence-corrected chi connectivity index (χ1v) is 8.08. The van der Waals surface area contributed by atoms with Gasteiger partial charge in [0.05, 0.1) is 0 Å². The van der Waals surface area contributed by atoms with Crippen LogP contribution in [0.3, 0.4) is 0 Å². The van der Waals surface area contributed by atoms with Gasteiger partial charge in [-0.3, -0.25) is 0 Å². The van der Waals surface area contributed by atoms with Gasteiger partial charge >= 0.3 is 0 Å². The molecule has 0 radical (unpaired) electrons. The summed E-state index contributed by atoms with van der Waals surface area (Å²) in [6, 6.07) is 9.66. The number of rotatable bonds is 7. The smallest absolute Gasteiger partial charge is 0.218 e. The molecular formula is C16H18BrClN2O. The van der Waals surface area contributed by atoms with Crippen LogP contribution < -0.4 is 10.1 Å². The quantitative estimate of drug-likeness (QED) is 0.726. The van der Waals surface area contributed by atoms with E-state index < -0.39 is 0 Å². The second-order valence-corrected chi connectivity index (χ2v) is 6.06. The Morgan fingerprint density at radius 3 is 2.76 bits per heavy atom. The van der Waals surface area contributed by atoms with Crippen molar-refractivity contribution in [2.75, 3.05) is 6.54 Å². The molecular weight excluding hydrogens is 352 g/mol. The Kier molecular flexibility index (Phi) is 6.49. The number of benzene rings is 1. The summed E-state index contributed by atoms with van der Waals surface area (Å²) in [6.07, 6.45) is 2.85. The van der Waals surface area contributed by atoms with Gasteiger partial charge in [-0.25, -0.2) is 4.98 Å². The highest BCUT2D eigenvalue weighted by atomic mass is 79.9. The second kappa shape index (κ2) is 8.37. The van der Waals surface area contributed by atoms with Crippen molar-refractivity contribution in [1.82, 2.24) is 10.3 Å². The Balaban J connectivity index is 2.02. The molecule has 5 heteroatoms. The molecule has 0 saturated carbocycles. The van der Waals surface area contributed by atoms with Crippen molar-refractivity contribution in [1.29, 1.82) is 0 Å². The zero-order chi connectivity index (χ0) is 15.1. The van der Waals surface area contributed by atoms with E-state index in [-0.39, 0.29) is 0 Å². The highest BCUT2D eigenvalue weighted by Crippen LogP contribution is 2.21. The average molecular weight is 370 g/mol. The molecule has 0 aliphatic carbocycles. The Bertz CT molecular complexity index is 575. The van der Waals surface area contributed by atoms with E-state index >= 15 is 0 Å². The van der Waals surface area contributed by atoms with Crippen LogP contribution in [0, 0.1) is 0 Å². The van der Waals surface area contributed by atoms with E-state index in [1.807, 2.05) is 30.3 Å². The number of halogens is 2. The number of ether oxygens (including phenoxy) is 1. The molecule has 2 rings (SSSR count). The molecule has 0 spiro atoms. The first kappa shape index (κ1) is 16.3. The minimum Gasteiger partial charge on any atom is -0.473 e. The lowest BCUT2D eigenvalue weighted by Gasteiger charge is -2.11. The number of hydrogen-bond donors (Lipinski definition) is 1. The van der Waals surface area contributed by atoms with E-state index in [2.05, 4.69) is 33.2 Å². The van der Waals surface area contributed by atoms with Crippen molar-refractivity contribution in [3.05, 3.63) is 57.2 Å². The lowest BCUT2D eigenvalue weighted by Crippen LogP contribution is -2.15. The number of nitrogens with one attached hydrogen (secondary N) is 1. The van der Waals surface area contributed by atoms with E-state index in [1.165, 1.54) is 0 Å². The van der Waals surface area contributed by atoms with Gasteiger partial charge in [-0.05, 0) is 52.7 Å². The van der Waals surface area contributed by atoms with E-state index in [9.17, 15) is 0 Å². The molecule has 2 aromatic rings. The van der Waals surface area contributed by atoms with Gasteiger partial charge in [0.2, 0.25) is 5.88 Å². The SMILES string of the molecule is CCCNCc1cc(Br)cnc1OCc1ccc(Cl)cc1. The highest BCUT2D eigenvalue weighted by molar-refractivity contribution is 9.10. The zero-order valence-corrected chi connectivity index (χ0v) is 14.2. The van der Waals surface area contributed by atoms with Crippen LogP contribution in [0.4, 0.5) is 0 Å². The Labute approximate surface area is 138 Å². The molecule has 3 nitrogen and oxygen atoms in total. The second-order valence-electron chi connectivity index (χ2n) is 4.71. The van der Waals surface area contributed by atoms with Gasteiger partial charge in [-0.2, -0.15) is 0 Å². The predicted molar refractivity (Wildman–Crippen MR) is 89.7 cm³/mol. The monoisotopic (exact) mass is 368 g/mol. The van der Waals surface area contributed by atoms with Gasteiger partial charge < -0.3 is 10.1 Å². The average Bonchev–Trinajstić information content (AvgIpc) is 2.48. The summed E-state index contributed by atoms with van der Waals surface area (Å²) in [5, 5.41) is 4.09. The Morgan fingerprint density at radius 1 is 1.29 bits per heavy atom. The van der Waals surface area contributed by atoms with Crippen molar-refractivity contribution >= 4 is 27.5 Å². The first-order valence-electron chi connectivity index (χ1n) is 6.91. The number of aromatic nitrogens is 1. The summed E-state index contributed by atoms with van der Waals surface area (Å²) in [5.74, 6) is 0.664. The lowest BCUT2D eigenvalue weighted by atomic mass is 10.2. The molecule has 0 unspecified atom stereocenters. The summed E-state index contributed by atoms with van der Waals surface area (Å²) in [6.45, 7) is 4.34. The predicted octanol–water partition coefficient (Wildman–Crippen LogP) is 4.58. The molecule has 0 atom stereocenters. The standard InChI is InChI=1S/C16H18BrClN2O/c1-2-7-19-9-13-8-14(17)10-20-16(13)21-11-12-3-5-15(18)6-4-12/h3-6,8,10,19H,2,7,9,11H2,1H3. The molecule has 0 fully saturated rings. The van der Waals surface area contributed by atoms with Crippen LogP contribution >= 0.6 is 27.5 Å². The van der Waals surface area contributed by atoms with E-state index in [0.717, 1.165) is 40.1 Å². The third-order valence-corrected chi connectivity index (χ3v) is 3.61. The maximum atomic E-state index is 5.88. The van der Waals surface area contributed by atoms with Gasteiger partial charge in [0.15, 0.2) is 0 Å². The van der Waals surface area contributed by atoms with Crippen molar-refractivity contribution < 1.29 is 4.74 Å². The highest BCUT2D eigenvalue weighted by Gasteiger charge is 2.07. The number of pyridine rings is 1. The van der Waals surface area contributed by atoms with Crippen LogP contribution in [-0.2, 0) is 13.2 Å². The lowest BCUT2D eigenvalue weighted by molar-refractivity contribution is 0.289. The molecule has 0 bridgehead atoms. The van der Waals surface area contributed by atoms with Gasteiger partial charge in [0.25, 0.3) is 0 Å². The molecule has 0 amide bonds. The van der Waals surface area contributed by atoms with Gasteiger partial charge in [-0.15, -0.1) is 0 Å². The molecule has 0 aliphatic heterocycles. The Morgan fingerprint density at radius 2 is 2.05 bits per heavy atom. The van der Waals surface area contributed by atoms with Crippen LogP contribution in [0.1, 0.15) is 24.5 Å². The minimum atomic E-state index is 0.479. The fourth-order valence-corrected chi connectivity index (χ4v) is 2.36. The molecule has 112 valence electrons. The summed E-state index contributed by atoms with van der Waals surface area (Å²) in [7, 11) is 0. The maximum Gasteiger partial charge on any atom is 0.218 e. The fourth-order valence-electron chi connectivity index (χ4n) is 1.86. The maximum absolute atomic E-state index is 5.88. The third-order valence-electron chi connectivity index (χ3n) is 2.92. The molecule has 1 N–H and O–H groups in total. The van der Waals surface area contributed by atoms with Crippen LogP contribution in [0.25, 0.3) is 0 Å². The van der Waals surface area contributed by atoms with Crippen molar-refractivity contribution in [2.45, 2.75) is 26.5 Å². The van der Waals surface area contributed by atoms with Gasteiger partial charge in [0, 0.05) is 27.8 Å². The summed E-state index contributed by atoms with van der Waals surface area (Å²) in [4.78, 5) is 4.35. The summed E-state index contributed by atoms with van der Waals surface area (Å²) in [5.41, 5.74) is 2.11. The van der Waals surface area contributed by atoms with Gasteiger partial charge in [-0.1, -0.05) is 30.7 Å². The molecule has 1 aromatic carbocycles. The summed E-state index contributed by atoms with van der Waals surface area (Å²) >= 11 is 9.32. The van der Waals surface area contributed by atoms with Crippen molar-refractivity contribution in [2.24, 2.45) is 0 Å². The van der Waals surface area contributed by atoms with Crippen LogP contribution in [-0.4, -0.2) is 11.5 Å². The van der Waals surface area contributed by atoms with Crippen LogP contribution in [0.15, 0.2) is 41.0 Å². The number of nitrogens with zero attached hydrogens (tertiary/aromatic N) is 1. The molecule has 1 heterocycles. The first-order chi connectivity index (χ1) is 10.2. The molecule has 0 aliphatic rings. The topological polar surface area (TPSA) is 34.2 Å². The Hall–Kier alpha value is -1.10. The summed E-state index contributed by atoms with van der Waals surface area (Å²) < 4.78 is 6.79. The minimum absolute atomic E-state index is 0.479. The normalized spacial score (nSPS) is 10.6. The van der Waals surface area contributed by atoms with Crippen LogP contribution in [0.5, 0.6) is 5.88 Å². The van der Waals surface area contributed by atoms with E-state index in [1.54, 1.807) is 6.20 Å². The van der Waals surface area contributed by atoms with Crippen molar-refractivity contribution in [3.63, 3.8) is 0 Å². The van der Waals surface area contributed by atoms with E-state index in [0.29, 0.717) is 12.5 Å². The fraction of sp³-hybridized carbons (Fsp3) is 0.312. The van der Waals surface area contributed by atoms with Crippen LogP contribution in [0.2, 0.25) is 5.02 Å². The van der Waals surface area contributed by atoms with E-state index in [4.69, 9.17) is 16.3 Å².